The van der Waals surface area contributed by atoms with Crippen LogP contribution in [0.15, 0.2) is 22.7 Å². The van der Waals surface area contributed by atoms with Gasteiger partial charge in [0.1, 0.15) is 0 Å². The fraction of sp³-hybridized carbons (Fsp3) is 0.647. The van der Waals surface area contributed by atoms with Crippen molar-refractivity contribution < 1.29 is 5.11 Å². The van der Waals surface area contributed by atoms with Crippen LogP contribution in [0.1, 0.15) is 37.7 Å². The van der Waals surface area contributed by atoms with Crippen molar-refractivity contribution in [2.24, 2.45) is 5.92 Å². The smallest absolute Gasteiger partial charge is 0.0709 e. The van der Waals surface area contributed by atoms with Crippen molar-refractivity contribution in [2.75, 3.05) is 25.0 Å². The molecule has 21 heavy (non-hydrogen) atoms. The van der Waals surface area contributed by atoms with Gasteiger partial charge in [0.05, 0.1) is 5.60 Å². The summed E-state index contributed by atoms with van der Waals surface area (Å²) in [5, 5.41) is 14.1. The van der Waals surface area contributed by atoms with E-state index in [1.807, 2.05) is 7.05 Å². The Labute approximate surface area is 135 Å². The van der Waals surface area contributed by atoms with E-state index < -0.39 is 5.60 Å². The summed E-state index contributed by atoms with van der Waals surface area (Å²) >= 11 is 3.60. The molecule has 0 spiro atoms. The third kappa shape index (κ3) is 3.13. The van der Waals surface area contributed by atoms with E-state index >= 15 is 0 Å². The number of hydrogen-bond donors (Lipinski definition) is 2. The summed E-state index contributed by atoms with van der Waals surface area (Å²) in [5.41, 5.74) is 2.25. The lowest BCUT2D eigenvalue weighted by Crippen LogP contribution is -2.53. The molecule has 1 saturated heterocycles. The number of halogens is 1. The topological polar surface area (TPSA) is 35.5 Å². The zero-order valence-corrected chi connectivity index (χ0v) is 14.3. The number of fused-ring (bicyclic) bond motifs is 1. The quantitative estimate of drug-likeness (QED) is 0.875. The first kappa shape index (κ1) is 15.3. The van der Waals surface area contributed by atoms with Crippen molar-refractivity contribution in [3.05, 3.63) is 28.2 Å². The summed E-state index contributed by atoms with van der Waals surface area (Å²) in [6.07, 6.45) is 5.52. The Hall–Kier alpha value is -0.580. The van der Waals surface area contributed by atoms with Crippen LogP contribution in [-0.2, 0) is 6.54 Å². The lowest BCUT2D eigenvalue weighted by molar-refractivity contribution is -0.0612. The predicted molar refractivity (Wildman–Crippen MR) is 90.6 cm³/mol. The molecule has 2 N–H and O–H groups in total. The van der Waals surface area contributed by atoms with E-state index in [0.29, 0.717) is 5.92 Å². The number of hydrogen-bond acceptors (Lipinski definition) is 3. The molecule has 3 nitrogen and oxygen atoms in total. The first-order valence-electron chi connectivity index (χ1n) is 8.03. The number of nitrogens with one attached hydrogen (secondary N) is 1. The molecule has 4 heteroatoms. The molecule has 0 bridgehead atoms. The number of nitrogens with zero attached hydrogens (tertiary/aromatic N) is 1. The normalized spacial score (nSPS) is 29.3. The highest BCUT2D eigenvalue weighted by atomic mass is 79.9. The van der Waals surface area contributed by atoms with E-state index in [1.54, 1.807) is 0 Å². The van der Waals surface area contributed by atoms with Gasteiger partial charge in [-0.25, -0.2) is 0 Å². The fourth-order valence-electron chi connectivity index (χ4n) is 3.96. The number of rotatable bonds is 3. The van der Waals surface area contributed by atoms with Crippen LogP contribution in [0.25, 0.3) is 0 Å². The molecule has 1 aliphatic carbocycles. The SMILES string of the molecule is CNCc1ccc(Br)cc1N1CCC2(O)CCCCC2C1. The Morgan fingerprint density at radius 1 is 1.38 bits per heavy atom. The number of benzene rings is 1. The van der Waals surface area contributed by atoms with Crippen LogP contribution < -0.4 is 10.2 Å². The Morgan fingerprint density at radius 2 is 2.24 bits per heavy atom. The van der Waals surface area contributed by atoms with E-state index in [2.05, 4.69) is 44.3 Å². The number of piperidine rings is 1. The van der Waals surface area contributed by atoms with Gasteiger partial charge in [-0.2, -0.15) is 0 Å². The molecule has 1 heterocycles. The monoisotopic (exact) mass is 352 g/mol. The second-order valence-corrected chi connectivity index (χ2v) is 7.46. The lowest BCUT2D eigenvalue weighted by Gasteiger charge is -2.48. The van der Waals surface area contributed by atoms with Gasteiger partial charge >= 0.3 is 0 Å². The predicted octanol–water partition coefficient (Wildman–Crippen LogP) is 3.30. The average molecular weight is 353 g/mol. The summed E-state index contributed by atoms with van der Waals surface area (Å²) < 4.78 is 1.13. The summed E-state index contributed by atoms with van der Waals surface area (Å²) in [6, 6.07) is 6.52. The fourth-order valence-corrected chi connectivity index (χ4v) is 4.31. The standard InChI is InChI=1S/C17H25BrN2O/c1-19-11-13-5-6-15(18)10-16(13)20-9-8-17(21)7-3-2-4-14(17)12-20/h5-6,10,14,19,21H,2-4,7-9,11-12H2,1H3. The molecule has 3 rings (SSSR count). The molecule has 2 atom stereocenters. The highest BCUT2D eigenvalue weighted by Crippen LogP contribution is 2.41. The van der Waals surface area contributed by atoms with Gasteiger partial charge < -0.3 is 15.3 Å². The van der Waals surface area contributed by atoms with Gasteiger partial charge in [-0.15, -0.1) is 0 Å². The van der Waals surface area contributed by atoms with Gasteiger partial charge in [-0.1, -0.05) is 34.8 Å². The van der Waals surface area contributed by atoms with Crippen LogP contribution >= 0.6 is 15.9 Å². The summed E-state index contributed by atoms with van der Waals surface area (Å²) in [6.45, 7) is 2.83. The molecule has 116 valence electrons. The number of anilines is 1. The molecule has 1 aliphatic heterocycles. The molecule has 0 aromatic heterocycles. The number of aliphatic hydroxyl groups is 1. The first-order chi connectivity index (χ1) is 10.1. The molecule has 0 amide bonds. The van der Waals surface area contributed by atoms with Crippen LogP contribution in [0.2, 0.25) is 0 Å². The van der Waals surface area contributed by atoms with Crippen molar-refractivity contribution in [3.8, 4) is 0 Å². The van der Waals surface area contributed by atoms with E-state index in [9.17, 15) is 5.11 Å². The summed E-state index contributed by atoms with van der Waals surface area (Å²) in [5.74, 6) is 0.432. The zero-order chi connectivity index (χ0) is 14.9. The molecule has 1 aromatic carbocycles. The molecular weight excluding hydrogens is 328 g/mol. The van der Waals surface area contributed by atoms with E-state index in [4.69, 9.17) is 0 Å². The molecule has 2 unspecified atom stereocenters. The van der Waals surface area contributed by atoms with E-state index in [0.717, 1.165) is 36.9 Å². The largest absolute Gasteiger partial charge is 0.389 e. The maximum absolute atomic E-state index is 10.8. The van der Waals surface area contributed by atoms with Crippen LogP contribution in [-0.4, -0.2) is 30.8 Å². The highest BCUT2D eigenvalue weighted by molar-refractivity contribution is 9.10. The minimum atomic E-state index is -0.399. The van der Waals surface area contributed by atoms with Crippen LogP contribution in [0.3, 0.4) is 0 Å². The van der Waals surface area contributed by atoms with Crippen LogP contribution in [0, 0.1) is 5.92 Å². The van der Waals surface area contributed by atoms with Crippen molar-refractivity contribution >= 4 is 21.6 Å². The average Bonchev–Trinajstić information content (AvgIpc) is 2.48. The first-order valence-corrected chi connectivity index (χ1v) is 8.82. The van der Waals surface area contributed by atoms with Crippen LogP contribution in [0.4, 0.5) is 5.69 Å². The Balaban J connectivity index is 1.83. The van der Waals surface area contributed by atoms with Gasteiger partial charge in [-0.05, 0) is 44.0 Å². The Kier molecular flexibility index (Phi) is 4.57. The Morgan fingerprint density at radius 3 is 3.05 bits per heavy atom. The van der Waals surface area contributed by atoms with Crippen molar-refractivity contribution in [2.45, 2.75) is 44.2 Å². The molecule has 0 radical (unpaired) electrons. The summed E-state index contributed by atoms with van der Waals surface area (Å²) in [7, 11) is 1.99. The second kappa shape index (κ2) is 6.27. The second-order valence-electron chi connectivity index (χ2n) is 6.55. The van der Waals surface area contributed by atoms with Crippen molar-refractivity contribution in [1.29, 1.82) is 0 Å². The van der Waals surface area contributed by atoms with Gasteiger partial charge in [0.25, 0.3) is 0 Å². The van der Waals surface area contributed by atoms with Gasteiger partial charge in [0.15, 0.2) is 0 Å². The van der Waals surface area contributed by atoms with Crippen LogP contribution in [0.5, 0.6) is 0 Å². The third-order valence-electron chi connectivity index (χ3n) is 5.18. The lowest BCUT2D eigenvalue weighted by atomic mass is 9.71. The molecular formula is C17H25BrN2O. The summed E-state index contributed by atoms with van der Waals surface area (Å²) in [4.78, 5) is 2.47. The molecule has 1 aromatic rings. The molecule has 2 fully saturated rings. The minimum Gasteiger partial charge on any atom is -0.389 e. The molecule has 2 aliphatic rings. The van der Waals surface area contributed by atoms with Crippen molar-refractivity contribution in [3.63, 3.8) is 0 Å². The maximum atomic E-state index is 10.8. The highest BCUT2D eigenvalue weighted by Gasteiger charge is 2.42. The Bertz CT molecular complexity index is 508. The van der Waals surface area contributed by atoms with E-state index in [-0.39, 0.29) is 0 Å². The third-order valence-corrected chi connectivity index (χ3v) is 5.68. The van der Waals surface area contributed by atoms with Gasteiger partial charge in [-0.3, -0.25) is 0 Å². The zero-order valence-electron chi connectivity index (χ0n) is 12.7. The van der Waals surface area contributed by atoms with Gasteiger partial charge in [0.2, 0.25) is 0 Å². The minimum absolute atomic E-state index is 0.399. The van der Waals surface area contributed by atoms with Gasteiger partial charge in [0, 0.05) is 35.7 Å². The van der Waals surface area contributed by atoms with Crippen molar-refractivity contribution in [1.82, 2.24) is 5.32 Å². The maximum Gasteiger partial charge on any atom is 0.0709 e. The van der Waals surface area contributed by atoms with E-state index in [1.165, 1.54) is 30.5 Å². The molecule has 1 saturated carbocycles.